The Balaban J connectivity index is 2.11. The maximum atomic E-state index is 12.1. The van der Waals surface area contributed by atoms with E-state index in [-0.39, 0.29) is 24.5 Å². The summed E-state index contributed by atoms with van der Waals surface area (Å²) in [7, 11) is 0. The molecule has 1 N–H and O–H groups in total. The number of carbonyl (C=O) groups excluding carboxylic acids is 1. The van der Waals surface area contributed by atoms with Gasteiger partial charge in [-0.2, -0.15) is 0 Å². The lowest BCUT2D eigenvalue weighted by Crippen LogP contribution is -2.12. The Kier molecular flexibility index (Phi) is 5.81. The van der Waals surface area contributed by atoms with Crippen molar-refractivity contribution < 1.29 is 19.4 Å². The number of halogens is 1. The molecule has 1 aromatic heterocycles. The molecule has 1 heterocycles. The molecule has 0 aliphatic heterocycles. The summed E-state index contributed by atoms with van der Waals surface area (Å²) in [4.78, 5) is 23.9. The number of carboxylic acid groups (broad SMARTS) is 1. The fourth-order valence-electron chi connectivity index (χ4n) is 3.28. The number of hydrogen-bond donors (Lipinski definition) is 1. The van der Waals surface area contributed by atoms with Gasteiger partial charge in [0.25, 0.3) is 0 Å². The third-order valence-electron chi connectivity index (χ3n) is 4.40. The average molecular weight is 386 g/mol. The highest BCUT2D eigenvalue weighted by atomic mass is 35.5. The molecule has 0 unspecified atom stereocenters. The van der Waals surface area contributed by atoms with Crippen molar-refractivity contribution in [2.45, 2.75) is 26.3 Å². The maximum absolute atomic E-state index is 12.1. The van der Waals surface area contributed by atoms with Crippen LogP contribution in [0.25, 0.3) is 10.9 Å². The van der Waals surface area contributed by atoms with Gasteiger partial charge in [-0.15, -0.1) is 0 Å². The van der Waals surface area contributed by atoms with E-state index in [9.17, 15) is 14.7 Å². The van der Waals surface area contributed by atoms with E-state index >= 15 is 0 Å². The number of benzene rings is 2. The van der Waals surface area contributed by atoms with Gasteiger partial charge in [0, 0.05) is 28.9 Å². The zero-order chi connectivity index (χ0) is 19.4. The van der Waals surface area contributed by atoms with Crippen LogP contribution in [0.2, 0.25) is 5.02 Å². The number of carbonyl (C=O) groups is 2. The van der Waals surface area contributed by atoms with Crippen LogP contribution in [-0.2, 0) is 22.5 Å². The van der Waals surface area contributed by atoms with E-state index in [0.29, 0.717) is 23.7 Å². The van der Waals surface area contributed by atoms with Crippen molar-refractivity contribution in [1.29, 1.82) is 0 Å². The Bertz CT molecular complexity index is 979. The van der Waals surface area contributed by atoms with E-state index < -0.39 is 5.97 Å². The Hall–Kier alpha value is -2.79. The third-order valence-corrected chi connectivity index (χ3v) is 4.64. The topological polar surface area (TPSA) is 68.5 Å². The van der Waals surface area contributed by atoms with Gasteiger partial charge in [-0.3, -0.25) is 4.79 Å². The van der Waals surface area contributed by atoms with Crippen molar-refractivity contribution in [3.8, 4) is 0 Å². The largest absolute Gasteiger partial charge is 0.477 e. The van der Waals surface area contributed by atoms with Crippen LogP contribution < -0.4 is 0 Å². The van der Waals surface area contributed by atoms with Crippen molar-refractivity contribution in [3.05, 3.63) is 70.4 Å². The number of aromatic carboxylic acids is 1. The first-order valence-electron chi connectivity index (χ1n) is 8.74. The second-order valence-corrected chi connectivity index (χ2v) is 6.61. The highest BCUT2D eigenvalue weighted by molar-refractivity contribution is 6.31. The van der Waals surface area contributed by atoms with Gasteiger partial charge in [-0.05, 0) is 42.7 Å². The molecule has 0 bridgehead atoms. The summed E-state index contributed by atoms with van der Waals surface area (Å²) < 4.78 is 6.75. The van der Waals surface area contributed by atoms with Crippen molar-refractivity contribution in [2.24, 2.45) is 0 Å². The van der Waals surface area contributed by atoms with E-state index in [2.05, 4.69) is 0 Å². The minimum atomic E-state index is -1.03. The minimum absolute atomic E-state index is 0.116. The van der Waals surface area contributed by atoms with E-state index in [0.717, 1.165) is 16.5 Å². The molecule has 2 aromatic carbocycles. The van der Waals surface area contributed by atoms with Crippen LogP contribution in [-0.4, -0.2) is 28.2 Å². The lowest BCUT2D eigenvalue weighted by molar-refractivity contribution is -0.143. The number of aryl methyl sites for hydroxylation is 1. The summed E-state index contributed by atoms with van der Waals surface area (Å²) in [6.45, 7) is 2.46. The lowest BCUT2D eigenvalue weighted by Gasteiger charge is -2.09. The molecule has 3 rings (SSSR count). The molecule has 0 atom stereocenters. The fourth-order valence-corrected chi connectivity index (χ4v) is 3.46. The van der Waals surface area contributed by atoms with E-state index in [1.807, 2.05) is 36.4 Å². The molecule has 3 aromatic rings. The minimum Gasteiger partial charge on any atom is -0.477 e. The quantitative estimate of drug-likeness (QED) is 0.606. The number of rotatable bonds is 7. The predicted octanol–water partition coefficient (Wildman–Crippen LogP) is 4.54. The number of carboxylic acids is 1. The molecule has 0 saturated heterocycles. The zero-order valence-electron chi connectivity index (χ0n) is 14.9. The van der Waals surface area contributed by atoms with Crippen LogP contribution in [0.4, 0.5) is 0 Å². The van der Waals surface area contributed by atoms with Crippen LogP contribution in [0.15, 0.2) is 48.5 Å². The highest BCUT2D eigenvalue weighted by Gasteiger charge is 2.23. The van der Waals surface area contributed by atoms with Gasteiger partial charge >= 0.3 is 11.9 Å². The maximum Gasteiger partial charge on any atom is 0.352 e. The molecule has 0 fully saturated rings. The van der Waals surface area contributed by atoms with E-state index in [1.54, 1.807) is 23.6 Å². The first-order valence-corrected chi connectivity index (χ1v) is 9.12. The van der Waals surface area contributed by atoms with Crippen LogP contribution in [0.5, 0.6) is 0 Å². The number of hydrogen-bond acceptors (Lipinski definition) is 3. The molecule has 0 aliphatic rings. The number of ether oxygens (including phenoxy) is 1. The standard InChI is InChI=1S/C21H20ClNO4/c1-2-27-19(24)11-9-16-17-12-15(22)8-10-18(17)23(20(16)21(25)26)13-14-6-4-3-5-7-14/h3-8,10,12H,2,9,11,13H2,1H3,(H,25,26). The monoisotopic (exact) mass is 385 g/mol. The summed E-state index contributed by atoms with van der Waals surface area (Å²) >= 11 is 6.16. The molecule has 5 nitrogen and oxygen atoms in total. The molecule has 6 heteroatoms. The molecule has 0 saturated carbocycles. The normalized spacial score (nSPS) is 10.9. The smallest absolute Gasteiger partial charge is 0.352 e. The molecule has 140 valence electrons. The lowest BCUT2D eigenvalue weighted by atomic mass is 10.1. The highest BCUT2D eigenvalue weighted by Crippen LogP contribution is 2.31. The summed E-state index contributed by atoms with van der Waals surface area (Å²) in [5.74, 6) is -1.38. The number of aromatic nitrogens is 1. The predicted molar refractivity (Wildman–Crippen MR) is 104 cm³/mol. The number of esters is 1. The van der Waals surface area contributed by atoms with Gasteiger partial charge in [0.2, 0.25) is 0 Å². The van der Waals surface area contributed by atoms with Crippen LogP contribution in [0, 0.1) is 0 Å². The van der Waals surface area contributed by atoms with Crippen molar-refractivity contribution in [1.82, 2.24) is 4.57 Å². The van der Waals surface area contributed by atoms with Gasteiger partial charge in [0.15, 0.2) is 0 Å². The summed E-state index contributed by atoms with van der Waals surface area (Å²) in [5, 5.41) is 11.2. The third kappa shape index (κ3) is 4.14. The Morgan fingerprint density at radius 1 is 1.15 bits per heavy atom. The Morgan fingerprint density at radius 2 is 1.89 bits per heavy atom. The zero-order valence-corrected chi connectivity index (χ0v) is 15.7. The molecule has 0 amide bonds. The average Bonchev–Trinajstić information content (AvgIpc) is 2.94. The summed E-state index contributed by atoms with van der Waals surface area (Å²) in [5.41, 5.74) is 2.55. The first-order chi connectivity index (χ1) is 13.0. The Morgan fingerprint density at radius 3 is 2.56 bits per heavy atom. The second-order valence-electron chi connectivity index (χ2n) is 6.17. The van der Waals surface area contributed by atoms with E-state index in [4.69, 9.17) is 16.3 Å². The van der Waals surface area contributed by atoms with Gasteiger partial charge in [-0.25, -0.2) is 4.79 Å². The second kappa shape index (κ2) is 8.27. The van der Waals surface area contributed by atoms with Gasteiger partial charge < -0.3 is 14.4 Å². The van der Waals surface area contributed by atoms with Crippen molar-refractivity contribution in [2.75, 3.05) is 6.61 Å². The summed E-state index contributed by atoms with van der Waals surface area (Å²) in [6, 6.07) is 15.0. The van der Waals surface area contributed by atoms with Crippen LogP contribution in [0.3, 0.4) is 0 Å². The van der Waals surface area contributed by atoms with Gasteiger partial charge in [-0.1, -0.05) is 41.9 Å². The number of fused-ring (bicyclic) bond motifs is 1. The molecule has 27 heavy (non-hydrogen) atoms. The number of nitrogens with zero attached hydrogens (tertiary/aromatic N) is 1. The fraction of sp³-hybridized carbons (Fsp3) is 0.238. The molecule has 0 radical (unpaired) electrons. The van der Waals surface area contributed by atoms with Crippen LogP contribution in [0.1, 0.15) is 35.0 Å². The van der Waals surface area contributed by atoms with Crippen molar-refractivity contribution >= 4 is 34.4 Å². The first kappa shape index (κ1) is 19.0. The molecular weight excluding hydrogens is 366 g/mol. The SMILES string of the molecule is CCOC(=O)CCc1c(C(=O)O)n(Cc2ccccc2)c2ccc(Cl)cc12. The van der Waals surface area contributed by atoms with Gasteiger partial charge in [0.05, 0.1) is 6.61 Å². The van der Waals surface area contributed by atoms with Crippen LogP contribution >= 0.6 is 11.6 Å². The molecular formula is C21H20ClNO4. The summed E-state index contributed by atoms with van der Waals surface area (Å²) in [6.07, 6.45) is 0.393. The molecule has 0 aliphatic carbocycles. The Labute approximate surface area is 162 Å². The van der Waals surface area contributed by atoms with Crippen molar-refractivity contribution in [3.63, 3.8) is 0 Å². The van der Waals surface area contributed by atoms with Gasteiger partial charge in [0.1, 0.15) is 5.69 Å². The molecule has 0 spiro atoms. The van der Waals surface area contributed by atoms with E-state index in [1.165, 1.54) is 0 Å².